The number of carbonyl (C=O) groups is 1. The Morgan fingerprint density at radius 3 is 2.17 bits per heavy atom. The Hall–Kier alpha value is -4.40. The Kier molecular flexibility index (Phi) is 10.1. The topological polar surface area (TPSA) is 93.1 Å². The normalized spacial score (nSPS) is 10.8. The summed E-state index contributed by atoms with van der Waals surface area (Å²) in [7, 11) is 6.23. The lowest BCUT2D eigenvalue weighted by atomic mass is 10.1. The predicted octanol–water partition coefficient (Wildman–Crippen LogP) is 5.29. The lowest BCUT2D eigenvalue weighted by Crippen LogP contribution is -2.24. The monoisotopic (exact) mass is 547 g/mol. The fraction of sp³-hybridized carbons (Fsp3) is 0.355. The molecule has 0 saturated heterocycles. The number of amides is 1. The summed E-state index contributed by atoms with van der Waals surface area (Å²) in [6.45, 7) is 1.75. The third-order valence-electron chi connectivity index (χ3n) is 6.66. The molecule has 1 N–H and O–H groups in total. The second-order valence-corrected chi connectivity index (χ2v) is 9.15. The number of imidazole rings is 1. The van der Waals surface area contributed by atoms with Gasteiger partial charge in [-0.25, -0.2) is 4.98 Å². The van der Waals surface area contributed by atoms with Crippen LogP contribution in [0.25, 0.3) is 11.0 Å². The van der Waals surface area contributed by atoms with Crippen LogP contribution in [-0.4, -0.2) is 57.0 Å². The molecule has 212 valence electrons. The number of unbranched alkanes of at least 4 members (excludes halogenated alkanes) is 2. The zero-order valence-electron chi connectivity index (χ0n) is 23.6. The van der Waals surface area contributed by atoms with Crippen molar-refractivity contribution in [3.05, 3.63) is 72.1 Å². The number of hydrogen-bond acceptors (Lipinski definition) is 7. The number of nitrogens with zero attached hydrogens (tertiary/aromatic N) is 2. The maximum Gasteiger partial charge on any atom is 0.251 e. The smallest absolute Gasteiger partial charge is 0.251 e. The first-order valence-corrected chi connectivity index (χ1v) is 13.4. The van der Waals surface area contributed by atoms with Gasteiger partial charge in [-0.2, -0.15) is 0 Å². The van der Waals surface area contributed by atoms with Crippen molar-refractivity contribution < 1.29 is 28.5 Å². The fourth-order valence-corrected chi connectivity index (χ4v) is 4.65. The summed E-state index contributed by atoms with van der Waals surface area (Å²) in [5.74, 6) is 3.65. The van der Waals surface area contributed by atoms with Crippen LogP contribution < -0.4 is 29.0 Å². The number of para-hydroxylation sites is 4. The van der Waals surface area contributed by atoms with E-state index >= 15 is 0 Å². The van der Waals surface area contributed by atoms with Gasteiger partial charge in [0.1, 0.15) is 12.4 Å². The lowest BCUT2D eigenvalue weighted by Gasteiger charge is -2.14. The highest BCUT2D eigenvalue weighted by molar-refractivity contribution is 5.95. The first-order valence-electron chi connectivity index (χ1n) is 13.4. The molecule has 1 amide bonds. The van der Waals surface area contributed by atoms with Gasteiger partial charge in [0.15, 0.2) is 23.0 Å². The number of aromatic nitrogens is 2. The standard InChI is InChI=1S/C31H37N3O6/c1-36-25-14-9-10-15-26(25)40-19-18-34-24-13-8-7-12-23(24)33-29(34)16-6-5-11-17-32-31(35)22-20-27(37-2)30(39-4)28(21-22)38-3/h7-10,12-15,20-21H,5-6,11,16-19H2,1-4H3,(H,32,35). The minimum Gasteiger partial charge on any atom is -0.493 e. The van der Waals surface area contributed by atoms with Gasteiger partial charge in [0.25, 0.3) is 5.91 Å². The second-order valence-electron chi connectivity index (χ2n) is 9.15. The van der Waals surface area contributed by atoms with Gasteiger partial charge in [0.2, 0.25) is 5.75 Å². The fourth-order valence-electron chi connectivity index (χ4n) is 4.65. The molecule has 0 unspecified atom stereocenters. The van der Waals surface area contributed by atoms with E-state index < -0.39 is 0 Å². The molecule has 0 spiro atoms. The molecule has 0 atom stereocenters. The van der Waals surface area contributed by atoms with Crippen molar-refractivity contribution in [2.45, 2.75) is 32.2 Å². The highest BCUT2D eigenvalue weighted by atomic mass is 16.5. The van der Waals surface area contributed by atoms with Crippen LogP contribution in [0.3, 0.4) is 0 Å². The molecule has 0 aliphatic heterocycles. The molecule has 0 radical (unpaired) electrons. The van der Waals surface area contributed by atoms with Crippen molar-refractivity contribution in [1.82, 2.24) is 14.9 Å². The van der Waals surface area contributed by atoms with Gasteiger partial charge in [-0.3, -0.25) is 4.79 Å². The number of methoxy groups -OCH3 is 4. The molecule has 4 rings (SSSR count). The summed E-state index contributed by atoms with van der Waals surface area (Å²) in [4.78, 5) is 17.6. The number of hydrogen-bond donors (Lipinski definition) is 1. The predicted molar refractivity (Wildman–Crippen MR) is 154 cm³/mol. The van der Waals surface area contributed by atoms with E-state index in [1.54, 1.807) is 19.2 Å². The Morgan fingerprint density at radius 2 is 1.48 bits per heavy atom. The van der Waals surface area contributed by atoms with Gasteiger partial charge in [0, 0.05) is 18.5 Å². The molecule has 9 nitrogen and oxygen atoms in total. The Balaban J connectivity index is 1.29. The highest BCUT2D eigenvalue weighted by Crippen LogP contribution is 2.38. The van der Waals surface area contributed by atoms with Crippen molar-refractivity contribution in [2.75, 3.05) is 41.6 Å². The van der Waals surface area contributed by atoms with E-state index in [0.717, 1.165) is 54.0 Å². The van der Waals surface area contributed by atoms with Gasteiger partial charge in [-0.15, -0.1) is 0 Å². The van der Waals surface area contributed by atoms with Crippen LogP contribution in [0.2, 0.25) is 0 Å². The SMILES string of the molecule is COc1ccccc1OCCn1c(CCCCCNC(=O)c2cc(OC)c(OC)c(OC)c2)nc2ccccc21. The van der Waals surface area contributed by atoms with Crippen LogP contribution in [0.4, 0.5) is 0 Å². The zero-order valence-corrected chi connectivity index (χ0v) is 23.6. The molecular weight excluding hydrogens is 510 g/mol. The van der Waals surface area contributed by atoms with E-state index in [2.05, 4.69) is 16.0 Å². The molecule has 40 heavy (non-hydrogen) atoms. The molecule has 9 heteroatoms. The zero-order chi connectivity index (χ0) is 28.3. The van der Waals surface area contributed by atoms with Crippen LogP contribution in [-0.2, 0) is 13.0 Å². The number of ether oxygens (including phenoxy) is 5. The molecule has 1 heterocycles. The van der Waals surface area contributed by atoms with Crippen molar-refractivity contribution in [3.8, 4) is 28.7 Å². The Morgan fingerprint density at radius 1 is 0.800 bits per heavy atom. The quantitative estimate of drug-likeness (QED) is 0.202. The van der Waals surface area contributed by atoms with Crippen molar-refractivity contribution in [1.29, 1.82) is 0 Å². The van der Waals surface area contributed by atoms with Crippen LogP contribution in [0.5, 0.6) is 28.7 Å². The number of rotatable bonds is 15. The van der Waals surface area contributed by atoms with Crippen LogP contribution >= 0.6 is 0 Å². The summed E-state index contributed by atoms with van der Waals surface area (Å²) < 4.78 is 29.7. The molecule has 0 aliphatic rings. The van der Waals surface area contributed by atoms with E-state index in [1.807, 2.05) is 42.5 Å². The second kappa shape index (κ2) is 14.1. The number of fused-ring (bicyclic) bond motifs is 1. The van der Waals surface area contributed by atoms with Crippen LogP contribution in [0.1, 0.15) is 35.4 Å². The maximum absolute atomic E-state index is 12.7. The largest absolute Gasteiger partial charge is 0.493 e. The average Bonchev–Trinajstić information content (AvgIpc) is 3.35. The van der Waals surface area contributed by atoms with Crippen molar-refractivity contribution >= 4 is 16.9 Å². The number of benzene rings is 3. The highest BCUT2D eigenvalue weighted by Gasteiger charge is 2.17. The van der Waals surface area contributed by atoms with Crippen molar-refractivity contribution in [3.63, 3.8) is 0 Å². The first-order chi connectivity index (χ1) is 19.6. The van der Waals surface area contributed by atoms with E-state index in [0.29, 0.717) is 42.5 Å². The molecule has 0 bridgehead atoms. The third kappa shape index (κ3) is 6.77. The molecule has 0 aliphatic carbocycles. The number of aryl methyl sites for hydroxylation is 1. The summed E-state index contributed by atoms with van der Waals surface area (Å²) in [5.41, 5.74) is 2.53. The summed E-state index contributed by atoms with van der Waals surface area (Å²) in [6.07, 6.45) is 3.60. The molecule has 3 aromatic carbocycles. The first kappa shape index (κ1) is 28.6. The van der Waals surface area contributed by atoms with E-state index in [4.69, 9.17) is 28.7 Å². The van der Waals surface area contributed by atoms with Gasteiger partial charge >= 0.3 is 0 Å². The molecular formula is C31H37N3O6. The lowest BCUT2D eigenvalue weighted by molar-refractivity contribution is 0.0952. The summed E-state index contributed by atoms with van der Waals surface area (Å²) >= 11 is 0. The van der Waals surface area contributed by atoms with E-state index in [9.17, 15) is 4.79 Å². The maximum atomic E-state index is 12.7. The molecule has 1 aromatic heterocycles. The third-order valence-corrected chi connectivity index (χ3v) is 6.66. The molecule has 0 saturated carbocycles. The molecule has 4 aromatic rings. The van der Waals surface area contributed by atoms with Gasteiger partial charge < -0.3 is 33.6 Å². The molecule has 0 fully saturated rings. The van der Waals surface area contributed by atoms with Gasteiger partial charge in [-0.1, -0.05) is 30.7 Å². The van der Waals surface area contributed by atoms with Gasteiger partial charge in [-0.05, 0) is 49.2 Å². The average molecular weight is 548 g/mol. The minimum atomic E-state index is -0.184. The van der Waals surface area contributed by atoms with E-state index in [1.165, 1.54) is 21.3 Å². The Labute approximate surface area is 235 Å². The Bertz CT molecular complexity index is 1390. The van der Waals surface area contributed by atoms with E-state index in [-0.39, 0.29) is 5.91 Å². The van der Waals surface area contributed by atoms with Crippen LogP contribution in [0, 0.1) is 0 Å². The number of carbonyl (C=O) groups excluding carboxylic acids is 1. The van der Waals surface area contributed by atoms with Crippen LogP contribution in [0.15, 0.2) is 60.7 Å². The summed E-state index contributed by atoms with van der Waals surface area (Å²) in [6, 6.07) is 19.1. The summed E-state index contributed by atoms with van der Waals surface area (Å²) in [5, 5.41) is 2.98. The van der Waals surface area contributed by atoms with Gasteiger partial charge in [0.05, 0.1) is 46.0 Å². The van der Waals surface area contributed by atoms with Crippen molar-refractivity contribution in [2.24, 2.45) is 0 Å². The number of nitrogens with one attached hydrogen (secondary N) is 1. The minimum absolute atomic E-state index is 0.184.